The fourth-order valence-corrected chi connectivity index (χ4v) is 5.29. The molecule has 0 bridgehead atoms. The van der Waals surface area contributed by atoms with Crippen molar-refractivity contribution in [3.8, 4) is 11.1 Å². The maximum Gasteiger partial charge on any atom is 0.243 e. The number of nitrogens with zero attached hydrogens (tertiary/aromatic N) is 2. The lowest BCUT2D eigenvalue weighted by molar-refractivity contribution is -0.114. The molecule has 3 rings (SSSR count). The number of rotatable bonds is 8. The summed E-state index contributed by atoms with van der Waals surface area (Å²) in [5.74, 6) is -0.197. The summed E-state index contributed by atoms with van der Waals surface area (Å²) in [6.45, 7) is 0.563. The molecule has 1 heterocycles. The number of thiazole rings is 1. The summed E-state index contributed by atoms with van der Waals surface area (Å²) >= 11 is 1.34. The van der Waals surface area contributed by atoms with E-state index in [1.165, 1.54) is 24.3 Å². The molecule has 3 N–H and O–H groups in total. The van der Waals surface area contributed by atoms with Crippen LogP contribution >= 0.6 is 11.3 Å². The van der Waals surface area contributed by atoms with Gasteiger partial charge in [0.1, 0.15) is 0 Å². The molecule has 29 heavy (non-hydrogen) atoms. The molecule has 3 aromatic rings. The van der Waals surface area contributed by atoms with Gasteiger partial charge in [-0.1, -0.05) is 29.5 Å². The summed E-state index contributed by atoms with van der Waals surface area (Å²) in [5, 5.41) is 21.5. The van der Waals surface area contributed by atoms with Crippen molar-refractivity contribution >= 4 is 42.6 Å². The monoisotopic (exact) mass is 435 g/mol. The molecule has 0 aliphatic carbocycles. The van der Waals surface area contributed by atoms with Crippen molar-refractivity contribution in [2.75, 3.05) is 31.6 Å². The Kier molecular flexibility index (Phi) is 6.60. The van der Waals surface area contributed by atoms with Crippen molar-refractivity contribution in [1.29, 1.82) is 0 Å². The second-order valence-corrected chi connectivity index (χ2v) is 9.23. The van der Waals surface area contributed by atoms with E-state index < -0.39 is 10.0 Å². The van der Waals surface area contributed by atoms with Crippen LogP contribution in [0.25, 0.3) is 21.3 Å². The summed E-state index contributed by atoms with van der Waals surface area (Å²) in [5.41, 5.74) is 2.25. The van der Waals surface area contributed by atoms with Gasteiger partial charge >= 0.3 is 0 Å². The van der Waals surface area contributed by atoms with Crippen LogP contribution in [-0.2, 0) is 14.8 Å². The van der Waals surface area contributed by atoms with Gasteiger partial charge in [0.05, 0.1) is 28.3 Å². The first-order valence-electron chi connectivity index (χ1n) is 8.85. The number of nitrogens with one attached hydrogen (secondary N) is 1. The normalized spacial score (nSPS) is 11.9. The van der Waals surface area contributed by atoms with Crippen molar-refractivity contribution in [3.05, 3.63) is 42.5 Å². The van der Waals surface area contributed by atoms with Gasteiger partial charge < -0.3 is 15.5 Å². The van der Waals surface area contributed by atoms with Gasteiger partial charge in [-0.3, -0.25) is 4.79 Å². The highest BCUT2D eigenvalue weighted by Gasteiger charge is 2.24. The predicted octanol–water partition coefficient (Wildman–Crippen LogP) is 1.90. The maximum atomic E-state index is 12.9. The minimum absolute atomic E-state index is 0.0836. The van der Waals surface area contributed by atoms with Gasteiger partial charge in [-0.25, -0.2) is 13.4 Å². The molecule has 1 amide bonds. The largest absolute Gasteiger partial charge is 0.395 e. The third-order valence-corrected chi connectivity index (χ3v) is 7.00. The highest BCUT2D eigenvalue weighted by atomic mass is 32.2. The molecule has 0 unspecified atom stereocenters. The summed E-state index contributed by atoms with van der Waals surface area (Å²) in [7, 11) is -3.85. The van der Waals surface area contributed by atoms with Gasteiger partial charge in [-0.05, 0) is 35.4 Å². The van der Waals surface area contributed by atoms with Crippen molar-refractivity contribution in [2.45, 2.75) is 11.8 Å². The van der Waals surface area contributed by atoms with Crippen LogP contribution in [0.4, 0.5) is 5.13 Å². The molecular formula is C19H21N3O5S2. The van der Waals surface area contributed by atoms with E-state index in [2.05, 4.69) is 10.3 Å². The molecule has 0 aliphatic rings. The third kappa shape index (κ3) is 4.80. The topological polar surface area (TPSA) is 120 Å². The van der Waals surface area contributed by atoms with Gasteiger partial charge in [0.15, 0.2) is 5.13 Å². The van der Waals surface area contributed by atoms with Crippen molar-refractivity contribution in [2.24, 2.45) is 0 Å². The molecule has 0 fully saturated rings. The Labute approximate surface area is 172 Å². The predicted molar refractivity (Wildman–Crippen MR) is 112 cm³/mol. The summed E-state index contributed by atoms with van der Waals surface area (Å²) in [4.78, 5) is 15.7. The number of carbonyl (C=O) groups is 1. The zero-order valence-corrected chi connectivity index (χ0v) is 17.3. The van der Waals surface area contributed by atoms with E-state index in [0.29, 0.717) is 10.7 Å². The van der Waals surface area contributed by atoms with E-state index in [1.807, 2.05) is 18.2 Å². The average molecular weight is 436 g/mol. The maximum absolute atomic E-state index is 12.9. The third-order valence-electron chi connectivity index (χ3n) is 4.18. The number of fused-ring (bicyclic) bond motifs is 1. The number of aliphatic hydroxyl groups is 2. The summed E-state index contributed by atoms with van der Waals surface area (Å²) in [6, 6.07) is 12.1. The van der Waals surface area contributed by atoms with E-state index in [1.54, 1.807) is 18.2 Å². The molecule has 154 valence electrons. The van der Waals surface area contributed by atoms with E-state index in [9.17, 15) is 13.2 Å². The zero-order valence-electron chi connectivity index (χ0n) is 15.7. The van der Waals surface area contributed by atoms with Crippen LogP contribution in [0.5, 0.6) is 0 Å². The van der Waals surface area contributed by atoms with Crippen LogP contribution in [-0.4, -0.2) is 60.1 Å². The molecule has 2 aromatic carbocycles. The molecular weight excluding hydrogens is 414 g/mol. The van der Waals surface area contributed by atoms with Gasteiger partial charge in [0.25, 0.3) is 0 Å². The van der Waals surface area contributed by atoms with Crippen LogP contribution in [0.1, 0.15) is 6.92 Å². The number of sulfonamides is 1. The lowest BCUT2D eigenvalue weighted by Gasteiger charge is -2.20. The van der Waals surface area contributed by atoms with E-state index >= 15 is 0 Å². The summed E-state index contributed by atoms with van der Waals surface area (Å²) in [6.07, 6.45) is 0. The van der Waals surface area contributed by atoms with E-state index in [4.69, 9.17) is 10.2 Å². The molecule has 8 nitrogen and oxygen atoms in total. The Hall–Kier alpha value is -2.37. The number of hydrogen-bond acceptors (Lipinski definition) is 7. The molecule has 0 spiro atoms. The van der Waals surface area contributed by atoms with Crippen LogP contribution in [0.2, 0.25) is 0 Å². The van der Waals surface area contributed by atoms with Crippen LogP contribution in [0.3, 0.4) is 0 Å². The second kappa shape index (κ2) is 8.97. The van der Waals surface area contributed by atoms with Crippen LogP contribution in [0.15, 0.2) is 47.4 Å². The highest BCUT2D eigenvalue weighted by molar-refractivity contribution is 7.89. The lowest BCUT2D eigenvalue weighted by atomic mass is 10.1. The number of aromatic nitrogens is 1. The molecule has 0 radical (unpaired) electrons. The minimum atomic E-state index is -3.85. The Morgan fingerprint density at radius 3 is 2.45 bits per heavy atom. The Balaban J connectivity index is 1.97. The van der Waals surface area contributed by atoms with Crippen molar-refractivity contribution in [1.82, 2.24) is 9.29 Å². The van der Waals surface area contributed by atoms with Gasteiger partial charge in [0, 0.05) is 20.0 Å². The average Bonchev–Trinajstić information content (AvgIpc) is 3.08. The number of aliphatic hydroxyl groups excluding tert-OH is 2. The lowest BCUT2D eigenvalue weighted by Crippen LogP contribution is -2.35. The molecule has 0 saturated heterocycles. The first-order valence-corrected chi connectivity index (χ1v) is 11.1. The number of carbonyl (C=O) groups excluding carboxylic acids is 1. The SMILES string of the molecule is CC(=O)Nc1nc2ccc(-c3cccc(S(=O)(=O)N(CCO)CCO)c3)cc2s1. The first-order chi connectivity index (χ1) is 13.8. The smallest absolute Gasteiger partial charge is 0.243 e. The molecule has 0 aliphatic heterocycles. The molecule has 0 atom stereocenters. The number of benzene rings is 2. The van der Waals surface area contributed by atoms with Crippen molar-refractivity contribution < 1.29 is 23.4 Å². The Bertz CT molecular complexity index is 1120. The fraction of sp³-hybridized carbons (Fsp3) is 0.263. The highest BCUT2D eigenvalue weighted by Crippen LogP contribution is 2.31. The minimum Gasteiger partial charge on any atom is -0.395 e. The van der Waals surface area contributed by atoms with Gasteiger partial charge in [-0.15, -0.1) is 0 Å². The standard InChI is InChI=1S/C19H21N3O5S2/c1-13(25)20-19-21-17-6-5-15(12-18(17)28-19)14-3-2-4-16(11-14)29(26,27)22(7-9-23)8-10-24/h2-6,11-12,23-24H,7-10H2,1H3,(H,20,21,25). The van der Waals surface area contributed by atoms with Crippen LogP contribution in [0, 0.1) is 0 Å². The number of amides is 1. The molecule has 10 heteroatoms. The Morgan fingerprint density at radius 1 is 1.10 bits per heavy atom. The van der Waals surface area contributed by atoms with Gasteiger partial charge in [0.2, 0.25) is 15.9 Å². The zero-order chi connectivity index (χ0) is 21.0. The quantitative estimate of drug-likeness (QED) is 0.497. The van der Waals surface area contributed by atoms with Crippen LogP contribution < -0.4 is 5.32 Å². The van der Waals surface area contributed by atoms with Crippen molar-refractivity contribution in [3.63, 3.8) is 0 Å². The second-order valence-electron chi connectivity index (χ2n) is 6.26. The molecule has 0 saturated carbocycles. The van der Waals surface area contributed by atoms with Gasteiger partial charge in [-0.2, -0.15) is 4.31 Å². The Morgan fingerprint density at radius 2 is 1.79 bits per heavy atom. The number of anilines is 1. The van der Waals surface area contributed by atoms with E-state index in [-0.39, 0.29) is 37.1 Å². The summed E-state index contributed by atoms with van der Waals surface area (Å²) < 4.78 is 27.7. The fourth-order valence-electron chi connectivity index (χ4n) is 2.87. The molecule has 1 aromatic heterocycles. The van der Waals surface area contributed by atoms with E-state index in [0.717, 1.165) is 20.1 Å². The first kappa shape index (κ1) is 21.3. The number of hydrogen-bond donors (Lipinski definition) is 3.